The molecule has 554 valence electrons. The Bertz CT molecular complexity index is 1910. The summed E-state index contributed by atoms with van der Waals surface area (Å²) in [5.74, 6) is -0.638. The molecule has 0 radical (unpaired) electrons. The van der Waals surface area contributed by atoms with Crippen molar-refractivity contribution in [2.45, 2.75) is 381 Å². The van der Waals surface area contributed by atoms with Crippen molar-refractivity contribution in [3.05, 3.63) is 24.3 Å². The van der Waals surface area contributed by atoms with Gasteiger partial charge in [-0.2, -0.15) is 0 Å². The maximum absolute atomic E-state index is 13.1. The lowest BCUT2D eigenvalue weighted by molar-refractivity contribution is -0.161. The maximum Gasteiger partial charge on any atom is 0.472 e. The molecule has 0 saturated heterocycles. The molecule has 5 atom stereocenters. The lowest BCUT2D eigenvalue weighted by atomic mass is 10.0. The number of ether oxygens (including phenoxy) is 4. The molecular weight excluding hydrogens is 1230 g/mol. The molecule has 0 fully saturated rings. The van der Waals surface area contributed by atoms with Gasteiger partial charge < -0.3 is 33.8 Å². The van der Waals surface area contributed by atoms with Crippen LogP contribution in [0.3, 0.4) is 0 Å². The van der Waals surface area contributed by atoms with Gasteiger partial charge >= 0.3 is 39.5 Å². The van der Waals surface area contributed by atoms with E-state index in [1.807, 2.05) is 0 Å². The largest absolute Gasteiger partial charge is 0.472 e. The van der Waals surface area contributed by atoms with E-state index in [2.05, 4.69) is 65.8 Å². The lowest BCUT2D eigenvalue weighted by Crippen LogP contribution is -2.30. The van der Waals surface area contributed by atoms with Gasteiger partial charge in [0, 0.05) is 25.7 Å². The minimum atomic E-state index is -4.96. The van der Waals surface area contributed by atoms with Gasteiger partial charge in [-0.15, -0.1) is 0 Å². The smallest absolute Gasteiger partial charge is 0.462 e. The van der Waals surface area contributed by atoms with Crippen molar-refractivity contribution in [3.8, 4) is 0 Å². The van der Waals surface area contributed by atoms with Gasteiger partial charge in [0.25, 0.3) is 0 Å². The van der Waals surface area contributed by atoms with Gasteiger partial charge in [-0.05, 0) is 63.2 Å². The second kappa shape index (κ2) is 66.4. The minimum absolute atomic E-state index is 0.100. The van der Waals surface area contributed by atoms with E-state index in [-0.39, 0.29) is 25.7 Å². The monoisotopic (exact) mass is 1380 g/mol. The van der Waals surface area contributed by atoms with E-state index in [1.54, 1.807) is 0 Å². The van der Waals surface area contributed by atoms with Crippen molar-refractivity contribution < 1.29 is 80.2 Å². The second-order valence-corrected chi connectivity index (χ2v) is 30.2. The number of aliphatic hydroxyl groups is 1. The van der Waals surface area contributed by atoms with Crippen LogP contribution in [0.1, 0.15) is 363 Å². The summed E-state index contributed by atoms with van der Waals surface area (Å²) in [4.78, 5) is 72.7. The SMILES string of the molecule is CCCCCC/C=C\C=C/CCCCCCCC(=O)OC[C@H](COP(=O)(O)OC[C@@H](O)COP(=O)(O)OC[C@@H](COC(=O)CCCCCCCCCCC(C)C)OC(=O)CCCCCCCCCCCCCC)OC(=O)CCCCCCCCCCCCCCCC(C)C. The number of hydrogen-bond donors (Lipinski definition) is 3. The summed E-state index contributed by atoms with van der Waals surface area (Å²) >= 11 is 0. The predicted octanol–water partition coefficient (Wildman–Crippen LogP) is 21.5. The molecule has 3 N–H and O–H groups in total. The van der Waals surface area contributed by atoms with E-state index in [0.717, 1.165) is 121 Å². The Balaban J connectivity index is 5.29. The van der Waals surface area contributed by atoms with E-state index < -0.39 is 97.5 Å². The fraction of sp³-hybridized carbons (Fsp3) is 0.893. The molecule has 2 unspecified atom stereocenters. The number of allylic oxidation sites excluding steroid dienone is 4. The van der Waals surface area contributed by atoms with Crippen molar-refractivity contribution in [2.75, 3.05) is 39.6 Å². The number of hydrogen-bond acceptors (Lipinski definition) is 15. The summed E-state index contributed by atoms with van der Waals surface area (Å²) in [5.41, 5.74) is 0. The summed E-state index contributed by atoms with van der Waals surface area (Å²) in [5, 5.41) is 10.6. The number of aliphatic hydroxyl groups excluding tert-OH is 1. The van der Waals surface area contributed by atoms with Crippen molar-refractivity contribution in [1.29, 1.82) is 0 Å². The third kappa shape index (κ3) is 68.1. The van der Waals surface area contributed by atoms with Crippen LogP contribution >= 0.6 is 15.6 Å². The van der Waals surface area contributed by atoms with E-state index in [0.29, 0.717) is 25.7 Å². The second-order valence-electron chi connectivity index (χ2n) is 27.3. The highest BCUT2D eigenvalue weighted by atomic mass is 31.2. The van der Waals surface area contributed by atoms with Crippen LogP contribution < -0.4 is 0 Å². The van der Waals surface area contributed by atoms with Gasteiger partial charge in [0.05, 0.1) is 26.4 Å². The molecule has 0 rings (SSSR count). The highest BCUT2D eigenvalue weighted by Crippen LogP contribution is 2.45. The fourth-order valence-corrected chi connectivity index (χ4v) is 12.5. The molecule has 0 heterocycles. The third-order valence-corrected chi connectivity index (χ3v) is 18.7. The van der Waals surface area contributed by atoms with Crippen molar-refractivity contribution in [3.63, 3.8) is 0 Å². The van der Waals surface area contributed by atoms with Gasteiger partial charge in [0.2, 0.25) is 0 Å². The molecule has 0 aliphatic heterocycles. The Morgan fingerprint density at radius 1 is 0.330 bits per heavy atom. The Morgan fingerprint density at radius 2 is 0.574 bits per heavy atom. The number of carbonyl (C=O) groups is 4. The summed E-state index contributed by atoms with van der Waals surface area (Å²) < 4.78 is 68.4. The minimum Gasteiger partial charge on any atom is -0.462 e. The first-order valence-electron chi connectivity index (χ1n) is 38.3. The van der Waals surface area contributed by atoms with Crippen LogP contribution in [-0.4, -0.2) is 96.7 Å². The molecule has 94 heavy (non-hydrogen) atoms. The normalized spacial score (nSPS) is 14.2. The fourth-order valence-electron chi connectivity index (χ4n) is 10.9. The third-order valence-electron chi connectivity index (χ3n) is 16.8. The Kier molecular flexibility index (Phi) is 64.7. The lowest BCUT2D eigenvalue weighted by Gasteiger charge is -2.21. The first kappa shape index (κ1) is 91.5. The highest BCUT2D eigenvalue weighted by molar-refractivity contribution is 7.47. The Morgan fingerprint density at radius 3 is 0.872 bits per heavy atom. The van der Waals surface area contributed by atoms with Crippen molar-refractivity contribution in [2.24, 2.45) is 11.8 Å². The summed E-state index contributed by atoms with van der Waals surface area (Å²) in [6.07, 6.45) is 56.2. The zero-order chi connectivity index (χ0) is 69.3. The molecule has 0 aromatic heterocycles. The number of phosphoric acid groups is 2. The Labute approximate surface area is 573 Å². The van der Waals surface area contributed by atoms with Crippen molar-refractivity contribution in [1.82, 2.24) is 0 Å². The summed E-state index contributed by atoms with van der Waals surface area (Å²) in [6, 6.07) is 0. The topological polar surface area (TPSA) is 237 Å². The number of esters is 4. The van der Waals surface area contributed by atoms with Crippen molar-refractivity contribution >= 4 is 39.5 Å². The van der Waals surface area contributed by atoms with Crippen LogP contribution in [-0.2, 0) is 65.4 Å². The van der Waals surface area contributed by atoms with Gasteiger partial charge in [-0.3, -0.25) is 37.3 Å². The number of rotatable bonds is 72. The van der Waals surface area contributed by atoms with Crippen LogP contribution in [0.2, 0.25) is 0 Å². The zero-order valence-corrected chi connectivity index (χ0v) is 62.5. The predicted molar refractivity (Wildman–Crippen MR) is 381 cm³/mol. The standard InChI is InChI=1S/C75H142O17P2/c1-7-9-11-13-15-17-19-21-22-25-29-32-39-45-51-57-72(77)85-63-70(91-75(80)60-54-48-42-34-30-26-23-24-27-31-37-43-49-55-67(3)4)65-89-93(81,82)87-61-69(76)62-88-94(83,84)90-66-71(64-86-73(78)58-52-46-40-36-35-38-44-50-56-68(5)6)92-74(79)59-53-47-41-33-28-20-18-16-14-12-10-8-2/h17,19,21-22,67-71,76H,7-16,18,20,23-66H2,1-6H3,(H,81,82)(H,83,84)/b19-17-,22-21-/t69-,70-,71-/m1/s1. The van der Waals surface area contributed by atoms with E-state index in [4.69, 9.17) is 37.0 Å². The van der Waals surface area contributed by atoms with Gasteiger partial charge in [-0.1, -0.05) is 310 Å². The molecule has 0 amide bonds. The van der Waals surface area contributed by atoms with Crippen LogP contribution in [0.25, 0.3) is 0 Å². The molecule has 0 aliphatic carbocycles. The maximum atomic E-state index is 13.1. The first-order valence-corrected chi connectivity index (χ1v) is 41.3. The summed E-state index contributed by atoms with van der Waals surface area (Å²) in [7, 11) is -9.92. The molecule has 0 bridgehead atoms. The number of phosphoric ester groups is 2. The van der Waals surface area contributed by atoms with E-state index in [9.17, 15) is 43.2 Å². The molecule has 0 spiro atoms. The van der Waals surface area contributed by atoms with E-state index in [1.165, 1.54) is 161 Å². The number of carbonyl (C=O) groups excluding carboxylic acids is 4. The molecule has 0 aromatic rings. The van der Waals surface area contributed by atoms with E-state index >= 15 is 0 Å². The summed E-state index contributed by atoms with van der Waals surface area (Å²) in [6.45, 7) is 9.50. The van der Waals surface area contributed by atoms with Gasteiger partial charge in [-0.25, -0.2) is 9.13 Å². The van der Waals surface area contributed by atoms with Crippen LogP contribution in [0.4, 0.5) is 0 Å². The molecule has 17 nitrogen and oxygen atoms in total. The molecule has 0 saturated carbocycles. The van der Waals surface area contributed by atoms with Gasteiger partial charge in [0.1, 0.15) is 19.3 Å². The molecule has 0 aromatic carbocycles. The highest BCUT2D eigenvalue weighted by Gasteiger charge is 2.30. The quantitative estimate of drug-likeness (QED) is 0.0169. The molecule has 19 heteroatoms. The number of unbranched alkanes of at least 4 members (excludes halogenated alkanes) is 39. The molecule has 0 aliphatic rings. The first-order chi connectivity index (χ1) is 45.4. The van der Waals surface area contributed by atoms with Gasteiger partial charge in [0.15, 0.2) is 12.2 Å². The van der Waals surface area contributed by atoms with Crippen LogP contribution in [0.15, 0.2) is 24.3 Å². The molecular formula is C75H142O17P2. The van der Waals surface area contributed by atoms with Crippen LogP contribution in [0.5, 0.6) is 0 Å². The average Bonchev–Trinajstić information content (AvgIpc) is 1.51. The van der Waals surface area contributed by atoms with Crippen LogP contribution in [0, 0.1) is 11.8 Å². The zero-order valence-electron chi connectivity index (χ0n) is 60.7. The average molecular weight is 1380 g/mol. The Hall–Kier alpha value is -2.46.